The topological polar surface area (TPSA) is 15.3 Å². The van der Waals surface area contributed by atoms with Crippen LogP contribution in [0.1, 0.15) is 57.2 Å². The Bertz CT molecular complexity index is 457. The van der Waals surface area contributed by atoms with Crippen LogP contribution in [-0.2, 0) is 5.41 Å². The number of benzene rings is 1. The van der Waals surface area contributed by atoms with Gasteiger partial charge in [-0.2, -0.15) is 0 Å². The third kappa shape index (κ3) is 5.63. The lowest BCUT2D eigenvalue weighted by molar-refractivity contribution is 0.160. The van der Waals surface area contributed by atoms with Gasteiger partial charge in [-0.3, -0.25) is 4.90 Å². The molecule has 1 aliphatic carbocycles. The van der Waals surface area contributed by atoms with Gasteiger partial charge < -0.3 is 5.32 Å². The van der Waals surface area contributed by atoms with Crippen molar-refractivity contribution in [2.24, 2.45) is 5.92 Å². The molecule has 1 aromatic rings. The van der Waals surface area contributed by atoms with Crippen LogP contribution in [0.15, 0.2) is 24.3 Å². The molecule has 0 spiro atoms. The molecule has 0 unspecified atom stereocenters. The van der Waals surface area contributed by atoms with Crippen LogP contribution in [-0.4, -0.2) is 31.1 Å². The van der Waals surface area contributed by atoms with Crippen molar-refractivity contribution in [3.05, 3.63) is 35.4 Å². The van der Waals surface area contributed by atoms with Crippen molar-refractivity contribution in [2.45, 2.75) is 51.5 Å². The van der Waals surface area contributed by atoms with E-state index in [1.807, 2.05) is 0 Å². The Balaban J connectivity index is 0.00000132. The Morgan fingerprint density at radius 2 is 1.61 bits per heavy atom. The van der Waals surface area contributed by atoms with E-state index in [-0.39, 0.29) is 30.2 Å². The van der Waals surface area contributed by atoms with Crippen molar-refractivity contribution in [3.63, 3.8) is 0 Å². The fourth-order valence-corrected chi connectivity index (χ4v) is 3.36. The highest BCUT2D eigenvalue weighted by molar-refractivity contribution is 5.85. The van der Waals surface area contributed by atoms with Crippen molar-refractivity contribution in [3.8, 4) is 0 Å². The van der Waals surface area contributed by atoms with Crippen molar-refractivity contribution >= 4 is 24.8 Å². The predicted octanol–water partition coefficient (Wildman–Crippen LogP) is 4.57. The SMILES string of the molecule is CC(C)(C)c1ccc([C@@H](CC2CC2)N2CCNCC2)cc1.Cl.Cl. The van der Waals surface area contributed by atoms with Crippen LogP contribution in [0, 0.1) is 5.92 Å². The third-order valence-electron chi connectivity index (χ3n) is 5.01. The first kappa shape index (κ1) is 20.8. The van der Waals surface area contributed by atoms with Crippen LogP contribution in [0.25, 0.3) is 0 Å². The predicted molar refractivity (Wildman–Crippen MR) is 104 cm³/mol. The normalized spacial score (nSPS) is 20.3. The highest BCUT2D eigenvalue weighted by Crippen LogP contribution is 2.40. The molecule has 2 nitrogen and oxygen atoms in total. The lowest BCUT2D eigenvalue weighted by atomic mass is 9.85. The number of nitrogens with zero attached hydrogens (tertiary/aromatic N) is 1. The van der Waals surface area contributed by atoms with Gasteiger partial charge in [0.25, 0.3) is 0 Å². The molecule has 1 N–H and O–H groups in total. The lowest BCUT2D eigenvalue weighted by Gasteiger charge is -2.35. The van der Waals surface area contributed by atoms with Crippen molar-refractivity contribution in [2.75, 3.05) is 26.2 Å². The molecule has 2 aliphatic rings. The second-order valence-electron chi connectivity index (χ2n) is 7.85. The second-order valence-corrected chi connectivity index (χ2v) is 7.85. The summed E-state index contributed by atoms with van der Waals surface area (Å²) in [7, 11) is 0. The second kappa shape index (κ2) is 8.71. The zero-order valence-electron chi connectivity index (χ0n) is 14.7. The summed E-state index contributed by atoms with van der Waals surface area (Å²) < 4.78 is 0. The molecule has 1 atom stereocenters. The number of hydrogen-bond donors (Lipinski definition) is 1. The number of nitrogens with one attached hydrogen (secondary N) is 1. The van der Waals surface area contributed by atoms with E-state index in [1.54, 1.807) is 0 Å². The first-order valence-corrected chi connectivity index (χ1v) is 8.59. The Hall–Kier alpha value is -0.280. The van der Waals surface area contributed by atoms with Gasteiger partial charge in [0.15, 0.2) is 0 Å². The summed E-state index contributed by atoms with van der Waals surface area (Å²) in [6.45, 7) is 11.5. The molecule has 23 heavy (non-hydrogen) atoms. The van der Waals surface area contributed by atoms with E-state index in [2.05, 4.69) is 55.3 Å². The quantitative estimate of drug-likeness (QED) is 0.847. The first-order chi connectivity index (χ1) is 10.0. The van der Waals surface area contributed by atoms with Crippen LogP contribution >= 0.6 is 24.8 Å². The van der Waals surface area contributed by atoms with E-state index < -0.39 is 0 Å². The average Bonchev–Trinajstić information content (AvgIpc) is 3.29. The van der Waals surface area contributed by atoms with Gasteiger partial charge in [-0.25, -0.2) is 0 Å². The Morgan fingerprint density at radius 3 is 2.09 bits per heavy atom. The molecule has 0 radical (unpaired) electrons. The fourth-order valence-electron chi connectivity index (χ4n) is 3.36. The summed E-state index contributed by atoms with van der Waals surface area (Å²) in [5, 5.41) is 3.48. The minimum absolute atomic E-state index is 0. The molecule has 4 heteroatoms. The van der Waals surface area contributed by atoms with Crippen LogP contribution in [0.4, 0.5) is 0 Å². The summed E-state index contributed by atoms with van der Waals surface area (Å²) in [4.78, 5) is 2.70. The van der Waals surface area contributed by atoms with Gasteiger partial charge in [0.05, 0.1) is 0 Å². The molecule has 0 aromatic heterocycles. The molecule has 0 bridgehead atoms. The molecule has 3 rings (SSSR count). The zero-order chi connectivity index (χ0) is 14.9. The Labute approximate surface area is 154 Å². The van der Waals surface area contributed by atoms with E-state index in [9.17, 15) is 0 Å². The Morgan fingerprint density at radius 1 is 1.04 bits per heavy atom. The van der Waals surface area contributed by atoms with Gasteiger partial charge in [-0.15, -0.1) is 24.8 Å². The first-order valence-electron chi connectivity index (χ1n) is 8.59. The molecule has 1 saturated heterocycles. The number of hydrogen-bond acceptors (Lipinski definition) is 2. The van der Waals surface area contributed by atoms with E-state index in [0.29, 0.717) is 6.04 Å². The lowest BCUT2D eigenvalue weighted by Crippen LogP contribution is -2.45. The van der Waals surface area contributed by atoms with E-state index in [1.165, 1.54) is 43.5 Å². The van der Waals surface area contributed by atoms with E-state index in [0.717, 1.165) is 19.0 Å². The van der Waals surface area contributed by atoms with Gasteiger partial charge in [0.2, 0.25) is 0 Å². The largest absolute Gasteiger partial charge is 0.314 e. The number of piperazine rings is 1. The smallest absolute Gasteiger partial charge is 0.0351 e. The summed E-state index contributed by atoms with van der Waals surface area (Å²) in [5.74, 6) is 0.979. The summed E-state index contributed by atoms with van der Waals surface area (Å²) >= 11 is 0. The molecule has 132 valence electrons. The molecular formula is C19H32Cl2N2. The summed E-state index contributed by atoms with van der Waals surface area (Å²) in [5.41, 5.74) is 3.22. The van der Waals surface area contributed by atoms with Crippen LogP contribution in [0.5, 0.6) is 0 Å². The van der Waals surface area contributed by atoms with Gasteiger partial charge in [0.1, 0.15) is 0 Å². The molecule has 2 fully saturated rings. The van der Waals surface area contributed by atoms with Crippen molar-refractivity contribution in [1.29, 1.82) is 0 Å². The number of rotatable bonds is 4. The molecular weight excluding hydrogens is 327 g/mol. The minimum Gasteiger partial charge on any atom is -0.314 e. The molecule has 1 saturated carbocycles. The van der Waals surface area contributed by atoms with Crippen LogP contribution in [0.2, 0.25) is 0 Å². The van der Waals surface area contributed by atoms with Crippen molar-refractivity contribution < 1.29 is 0 Å². The molecule has 1 heterocycles. The molecule has 1 aliphatic heterocycles. The highest BCUT2D eigenvalue weighted by atomic mass is 35.5. The Kier molecular flexibility index (Phi) is 7.86. The van der Waals surface area contributed by atoms with Crippen LogP contribution in [0.3, 0.4) is 0 Å². The van der Waals surface area contributed by atoms with E-state index >= 15 is 0 Å². The van der Waals surface area contributed by atoms with Crippen LogP contribution < -0.4 is 5.32 Å². The standard InChI is InChI=1S/C19H30N2.2ClH/c1-19(2,3)17-8-6-16(7-9-17)18(14-15-4-5-15)21-12-10-20-11-13-21;;/h6-9,15,18,20H,4-5,10-14H2,1-3H3;2*1H/t18-;;/m1../s1. The average molecular weight is 359 g/mol. The monoisotopic (exact) mass is 358 g/mol. The molecule has 1 aromatic carbocycles. The van der Waals surface area contributed by atoms with Crippen molar-refractivity contribution in [1.82, 2.24) is 10.2 Å². The van der Waals surface area contributed by atoms with Gasteiger partial charge in [-0.1, -0.05) is 57.9 Å². The highest BCUT2D eigenvalue weighted by Gasteiger charge is 2.30. The molecule has 0 amide bonds. The van der Waals surface area contributed by atoms with Gasteiger partial charge in [0, 0.05) is 32.2 Å². The maximum atomic E-state index is 3.48. The number of halogens is 2. The van der Waals surface area contributed by atoms with Gasteiger partial charge >= 0.3 is 0 Å². The zero-order valence-corrected chi connectivity index (χ0v) is 16.3. The van der Waals surface area contributed by atoms with Gasteiger partial charge in [-0.05, 0) is 28.9 Å². The summed E-state index contributed by atoms with van der Waals surface area (Å²) in [6, 6.07) is 10.1. The summed E-state index contributed by atoms with van der Waals surface area (Å²) in [6.07, 6.45) is 4.25. The maximum absolute atomic E-state index is 3.48. The third-order valence-corrected chi connectivity index (χ3v) is 5.01. The van der Waals surface area contributed by atoms with E-state index in [4.69, 9.17) is 0 Å². The minimum atomic E-state index is 0. The fraction of sp³-hybridized carbons (Fsp3) is 0.684. The maximum Gasteiger partial charge on any atom is 0.0351 e.